The molecule has 2 N–H and O–H groups in total. The maximum atomic E-state index is 12.2. The molecular formula is C20H19N3O4. The van der Waals surface area contributed by atoms with Crippen LogP contribution >= 0.6 is 0 Å². The Labute approximate surface area is 155 Å². The fraction of sp³-hybridized carbons (Fsp3) is 0.150. The minimum absolute atomic E-state index is 0.125. The average molecular weight is 365 g/mol. The lowest BCUT2D eigenvalue weighted by molar-refractivity contribution is -0.119. The van der Waals surface area contributed by atoms with Crippen molar-refractivity contribution >= 4 is 34.4 Å². The zero-order valence-electron chi connectivity index (χ0n) is 15.0. The Balaban J connectivity index is 1.56. The SMILES string of the molecule is CN(C)C(=O)c1ccc(NC(=O)COC(=O)c2c[nH]c3ccccc23)cc1. The highest BCUT2D eigenvalue weighted by Gasteiger charge is 2.15. The Bertz CT molecular complexity index is 990. The van der Waals surface area contributed by atoms with Gasteiger partial charge in [0.05, 0.1) is 5.56 Å². The largest absolute Gasteiger partial charge is 0.452 e. The van der Waals surface area contributed by atoms with Gasteiger partial charge in [0.15, 0.2) is 6.61 Å². The maximum absolute atomic E-state index is 12.2. The molecule has 0 spiro atoms. The van der Waals surface area contributed by atoms with Crippen molar-refractivity contribution in [2.24, 2.45) is 0 Å². The van der Waals surface area contributed by atoms with Crippen LogP contribution in [0.1, 0.15) is 20.7 Å². The summed E-state index contributed by atoms with van der Waals surface area (Å²) in [6.07, 6.45) is 1.56. The second-order valence-electron chi connectivity index (χ2n) is 6.15. The summed E-state index contributed by atoms with van der Waals surface area (Å²) < 4.78 is 5.09. The number of para-hydroxylation sites is 1. The molecule has 0 aliphatic rings. The first-order valence-electron chi connectivity index (χ1n) is 8.30. The van der Waals surface area contributed by atoms with Crippen LogP contribution in [0.15, 0.2) is 54.7 Å². The van der Waals surface area contributed by atoms with Gasteiger partial charge in [0.1, 0.15) is 0 Å². The molecule has 27 heavy (non-hydrogen) atoms. The van der Waals surface area contributed by atoms with Crippen LogP contribution in [-0.4, -0.2) is 48.4 Å². The Kier molecular flexibility index (Phi) is 5.21. The van der Waals surface area contributed by atoms with Gasteiger partial charge in [-0.05, 0) is 30.3 Å². The number of rotatable bonds is 5. The van der Waals surface area contributed by atoms with E-state index in [1.807, 2.05) is 18.2 Å². The number of hydrogen-bond donors (Lipinski definition) is 2. The van der Waals surface area contributed by atoms with E-state index in [0.717, 1.165) is 10.9 Å². The first kappa shape index (κ1) is 18.2. The number of carbonyl (C=O) groups is 3. The topological polar surface area (TPSA) is 91.5 Å². The van der Waals surface area contributed by atoms with Crippen molar-refractivity contribution in [2.45, 2.75) is 0 Å². The lowest BCUT2D eigenvalue weighted by Crippen LogP contribution is -2.22. The van der Waals surface area contributed by atoms with Crippen molar-refractivity contribution in [1.82, 2.24) is 9.88 Å². The Morgan fingerprint density at radius 2 is 1.74 bits per heavy atom. The highest BCUT2D eigenvalue weighted by atomic mass is 16.5. The van der Waals surface area contributed by atoms with Crippen molar-refractivity contribution in [3.63, 3.8) is 0 Å². The number of aromatic amines is 1. The number of benzene rings is 2. The van der Waals surface area contributed by atoms with Crippen LogP contribution in [0.4, 0.5) is 5.69 Å². The molecule has 3 rings (SSSR count). The molecule has 0 unspecified atom stereocenters. The predicted molar refractivity (Wildman–Crippen MR) is 102 cm³/mol. The van der Waals surface area contributed by atoms with Crippen molar-refractivity contribution < 1.29 is 19.1 Å². The summed E-state index contributed by atoms with van der Waals surface area (Å²) in [6, 6.07) is 13.8. The first-order chi connectivity index (χ1) is 13.0. The molecule has 0 saturated carbocycles. The molecule has 138 valence electrons. The summed E-state index contributed by atoms with van der Waals surface area (Å²) in [5, 5.41) is 3.37. The molecule has 7 heteroatoms. The third kappa shape index (κ3) is 4.14. The van der Waals surface area contributed by atoms with Crippen molar-refractivity contribution in [1.29, 1.82) is 0 Å². The van der Waals surface area contributed by atoms with Gasteiger partial charge in [-0.1, -0.05) is 18.2 Å². The molecule has 2 amide bonds. The van der Waals surface area contributed by atoms with Gasteiger partial charge < -0.3 is 19.9 Å². The minimum atomic E-state index is -0.575. The van der Waals surface area contributed by atoms with Crippen LogP contribution in [-0.2, 0) is 9.53 Å². The molecule has 0 bridgehead atoms. The van der Waals surface area contributed by atoms with E-state index < -0.39 is 18.5 Å². The van der Waals surface area contributed by atoms with Crippen LogP contribution in [0.25, 0.3) is 10.9 Å². The number of anilines is 1. The molecule has 0 aliphatic carbocycles. The summed E-state index contributed by atoms with van der Waals surface area (Å²) in [6.45, 7) is -0.406. The van der Waals surface area contributed by atoms with Gasteiger partial charge in [-0.15, -0.1) is 0 Å². The van der Waals surface area contributed by atoms with Gasteiger partial charge in [0.25, 0.3) is 11.8 Å². The number of carbonyl (C=O) groups excluding carboxylic acids is 3. The molecule has 0 atom stereocenters. The molecule has 0 saturated heterocycles. The lowest BCUT2D eigenvalue weighted by Gasteiger charge is -2.11. The summed E-state index contributed by atoms with van der Waals surface area (Å²) in [5.41, 5.74) is 2.23. The van der Waals surface area contributed by atoms with Crippen LogP contribution in [0, 0.1) is 0 Å². The molecule has 1 heterocycles. The number of fused-ring (bicyclic) bond motifs is 1. The molecule has 0 fully saturated rings. The van der Waals surface area contributed by atoms with Crippen LogP contribution in [0.3, 0.4) is 0 Å². The number of esters is 1. The monoisotopic (exact) mass is 365 g/mol. The number of nitrogens with one attached hydrogen (secondary N) is 2. The van der Waals surface area contributed by atoms with Crippen molar-refractivity contribution in [3.8, 4) is 0 Å². The molecule has 1 aromatic heterocycles. The molecule has 0 aliphatic heterocycles. The van der Waals surface area contributed by atoms with E-state index >= 15 is 0 Å². The van der Waals surface area contributed by atoms with E-state index in [4.69, 9.17) is 4.74 Å². The normalized spacial score (nSPS) is 10.4. The summed E-state index contributed by atoms with van der Waals surface area (Å²) in [5.74, 6) is -1.16. The highest BCUT2D eigenvalue weighted by molar-refractivity contribution is 6.05. The lowest BCUT2D eigenvalue weighted by atomic mass is 10.2. The number of aromatic nitrogens is 1. The van der Waals surface area contributed by atoms with Crippen molar-refractivity contribution in [2.75, 3.05) is 26.0 Å². The number of nitrogens with zero attached hydrogens (tertiary/aromatic N) is 1. The van der Waals surface area contributed by atoms with E-state index in [0.29, 0.717) is 16.8 Å². The van der Waals surface area contributed by atoms with Gasteiger partial charge in [0, 0.05) is 42.4 Å². The number of H-pyrrole nitrogens is 1. The standard InChI is InChI=1S/C20H19N3O4/c1-23(2)19(25)13-7-9-14(10-8-13)22-18(24)12-27-20(26)16-11-21-17-6-4-3-5-15(16)17/h3-11,21H,12H2,1-2H3,(H,22,24). The van der Waals surface area contributed by atoms with E-state index in [-0.39, 0.29) is 5.91 Å². The first-order valence-corrected chi connectivity index (χ1v) is 8.30. The fourth-order valence-electron chi connectivity index (χ4n) is 2.60. The van der Waals surface area contributed by atoms with Gasteiger partial charge >= 0.3 is 5.97 Å². The summed E-state index contributed by atoms with van der Waals surface area (Å²) in [7, 11) is 3.33. The molecule has 2 aromatic carbocycles. The van der Waals surface area contributed by atoms with Crippen molar-refractivity contribution in [3.05, 3.63) is 65.9 Å². The molecular weight excluding hydrogens is 346 g/mol. The van der Waals surface area contributed by atoms with E-state index in [1.54, 1.807) is 50.6 Å². The zero-order valence-corrected chi connectivity index (χ0v) is 15.0. The quantitative estimate of drug-likeness (QED) is 0.680. The molecule has 7 nitrogen and oxygen atoms in total. The second-order valence-corrected chi connectivity index (χ2v) is 6.15. The average Bonchev–Trinajstić information content (AvgIpc) is 3.10. The second kappa shape index (κ2) is 7.74. The predicted octanol–water partition coefficient (Wildman–Crippen LogP) is 2.67. The Hall–Kier alpha value is -3.61. The van der Waals surface area contributed by atoms with Gasteiger partial charge in [-0.2, -0.15) is 0 Å². The number of hydrogen-bond acceptors (Lipinski definition) is 4. The zero-order chi connectivity index (χ0) is 19.4. The fourth-order valence-corrected chi connectivity index (χ4v) is 2.60. The van der Waals surface area contributed by atoms with Crippen LogP contribution < -0.4 is 5.32 Å². The smallest absolute Gasteiger partial charge is 0.340 e. The molecule has 3 aromatic rings. The van der Waals surface area contributed by atoms with Crippen LogP contribution in [0.5, 0.6) is 0 Å². The summed E-state index contributed by atoms with van der Waals surface area (Å²) in [4.78, 5) is 40.5. The number of ether oxygens (including phenoxy) is 1. The Morgan fingerprint density at radius 1 is 1.04 bits per heavy atom. The third-order valence-corrected chi connectivity index (χ3v) is 3.97. The highest BCUT2D eigenvalue weighted by Crippen LogP contribution is 2.18. The summed E-state index contributed by atoms with van der Waals surface area (Å²) >= 11 is 0. The molecule has 0 radical (unpaired) electrons. The van der Waals surface area contributed by atoms with Gasteiger partial charge in [-0.25, -0.2) is 4.79 Å². The van der Waals surface area contributed by atoms with Gasteiger partial charge in [0.2, 0.25) is 0 Å². The maximum Gasteiger partial charge on any atom is 0.340 e. The number of amides is 2. The third-order valence-electron chi connectivity index (χ3n) is 3.97. The van der Waals surface area contributed by atoms with E-state index in [2.05, 4.69) is 10.3 Å². The Morgan fingerprint density at radius 3 is 2.44 bits per heavy atom. The van der Waals surface area contributed by atoms with E-state index in [9.17, 15) is 14.4 Å². The van der Waals surface area contributed by atoms with Gasteiger partial charge in [-0.3, -0.25) is 9.59 Å². The minimum Gasteiger partial charge on any atom is -0.452 e. The van der Waals surface area contributed by atoms with Crippen LogP contribution in [0.2, 0.25) is 0 Å². The van der Waals surface area contributed by atoms with E-state index in [1.165, 1.54) is 4.90 Å².